The van der Waals surface area contributed by atoms with Crippen LogP contribution >= 0.6 is 0 Å². The fourth-order valence-corrected chi connectivity index (χ4v) is 4.04. The maximum absolute atomic E-state index is 13.1. The van der Waals surface area contributed by atoms with Crippen LogP contribution in [0.5, 0.6) is 11.5 Å². The predicted octanol–water partition coefficient (Wildman–Crippen LogP) is 4.26. The van der Waals surface area contributed by atoms with Gasteiger partial charge in [0, 0.05) is 23.6 Å². The second kappa shape index (κ2) is 10.2. The first-order chi connectivity index (χ1) is 16.5. The number of benzene rings is 2. The van der Waals surface area contributed by atoms with Gasteiger partial charge in [-0.05, 0) is 37.5 Å². The van der Waals surface area contributed by atoms with E-state index in [1.165, 1.54) is 7.11 Å². The summed E-state index contributed by atoms with van der Waals surface area (Å²) in [6, 6.07) is 14.6. The number of amides is 2. The Balaban J connectivity index is 1.54. The molecule has 0 saturated carbocycles. The lowest BCUT2D eigenvalue weighted by atomic mass is 9.93. The lowest BCUT2D eigenvalue weighted by Crippen LogP contribution is -2.23. The first-order valence-corrected chi connectivity index (χ1v) is 11.1. The van der Waals surface area contributed by atoms with Gasteiger partial charge in [-0.1, -0.05) is 30.3 Å². The fraction of sp³-hybridized carbons (Fsp3) is 0.269. The Hall–Kier alpha value is -4.07. The summed E-state index contributed by atoms with van der Waals surface area (Å²) in [5.41, 5.74) is 6.22. The summed E-state index contributed by atoms with van der Waals surface area (Å²) in [5.74, 6) is 1.40. The van der Waals surface area contributed by atoms with Crippen molar-refractivity contribution < 1.29 is 23.5 Å². The van der Waals surface area contributed by atoms with Crippen LogP contribution in [0.25, 0.3) is 0 Å². The number of hydrogen-bond donors (Lipinski definition) is 2. The number of methoxy groups -OCH3 is 2. The maximum Gasteiger partial charge on any atom is 0.291 e. The van der Waals surface area contributed by atoms with Crippen molar-refractivity contribution in [3.05, 3.63) is 76.7 Å². The Morgan fingerprint density at radius 1 is 1.06 bits per heavy atom. The number of nitrogens with one attached hydrogen (secondary N) is 2. The van der Waals surface area contributed by atoms with E-state index in [0.717, 1.165) is 17.5 Å². The molecule has 8 heteroatoms. The Labute approximate surface area is 197 Å². The van der Waals surface area contributed by atoms with E-state index >= 15 is 0 Å². The lowest BCUT2D eigenvalue weighted by Gasteiger charge is -2.13. The van der Waals surface area contributed by atoms with E-state index in [-0.39, 0.29) is 18.1 Å². The number of rotatable bonds is 7. The molecule has 1 aliphatic rings. The van der Waals surface area contributed by atoms with Gasteiger partial charge in [0.1, 0.15) is 17.3 Å². The number of nitrogens with zero attached hydrogens (tertiary/aromatic N) is 1. The Kier molecular flexibility index (Phi) is 6.96. The smallest absolute Gasteiger partial charge is 0.291 e. The van der Waals surface area contributed by atoms with Gasteiger partial charge in [-0.25, -0.2) is 5.43 Å². The molecule has 1 heterocycles. The van der Waals surface area contributed by atoms with Crippen LogP contribution < -0.4 is 20.2 Å². The van der Waals surface area contributed by atoms with Gasteiger partial charge in [-0.2, -0.15) is 5.10 Å². The number of ether oxygens (including phenoxy) is 2. The van der Waals surface area contributed by atoms with Crippen LogP contribution in [-0.4, -0.2) is 31.7 Å². The van der Waals surface area contributed by atoms with Crippen LogP contribution in [-0.2, 0) is 17.6 Å². The largest absolute Gasteiger partial charge is 0.497 e. The zero-order valence-corrected chi connectivity index (χ0v) is 19.4. The molecule has 2 N–H and O–H groups in total. The average molecular weight is 462 g/mol. The summed E-state index contributed by atoms with van der Waals surface area (Å²) < 4.78 is 16.6. The Morgan fingerprint density at radius 2 is 1.85 bits per heavy atom. The number of carbonyl (C=O) groups excluding carboxylic acids is 2. The van der Waals surface area contributed by atoms with Crippen LogP contribution in [0.1, 0.15) is 45.8 Å². The van der Waals surface area contributed by atoms with Gasteiger partial charge in [-0.15, -0.1) is 0 Å². The average Bonchev–Trinajstić information content (AvgIpc) is 3.20. The van der Waals surface area contributed by atoms with Crippen molar-refractivity contribution in [3.63, 3.8) is 0 Å². The van der Waals surface area contributed by atoms with Crippen molar-refractivity contribution in [2.45, 2.75) is 32.6 Å². The minimum absolute atomic E-state index is 0.199. The summed E-state index contributed by atoms with van der Waals surface area (Å²) in [6.07, 6.45) is 2.44. The van der Waals surface area contributed by atoms with Crippen molar-refractivity contribution in [1.29, 1.82) is 0 Å². The van der Waals surface area contributed by atoms with Crippen molar-refractivity contribution >= 4 is 23.2 Å². The number of hydrogen-bond acceptors (Lipinski definition) is 6. The monoisotopic (exact) mass is 461 g/mol. The van der Waals surface area contributed by atoms with E-state index in [1.807, 2.05) is 37.3 Å². The summed E-state index contributed by atoms with van der Waals surface area (Å²) >= 11 is 0. The summed E-state index contributed by atoms with van der Waals surface area (Å²) in [4.78, 5) is 25.4. The predicted molar refractivity (Wildman–Crippen MR) is 129 cm³/mol. The minimum Gasteiger partial charge on any atom is -0.497 e. The highest BCUT2D eigenvalue weighted by atomic mass is 16.5. The molecule has 1 aromatic heterocycles. The van der Waals surface area contributed by atoms with Crippen LogP contribution in [0.15, 0.2) is 58.0 Å². The summed E-state index contributed by atoms with van der Waals surface area (Å²) in [6.45, 7) is 1.83. The second-order valence-electron chi connectivity index (χ2n) is 7.98. The van der Waals surface area contributed by atoms with Crippen molar-refractivity contribution in [1.82, 2.24) is 5.43 Å². The van der Waals surface area contributed by atoms with Crippen molar-refractivity contribution in [3.8, 4) is 11.5 Å². The van der Waals surface area contributed by atoms with Crippen molar-refractivity contribution in [2.75, 3.05) is 19.5 Å². The molecule has 0 fully saturated rings. The molecule has 2 amide bonds. The van der Waals surface area contributed by atoms with E-state index in [9.17, 15) is 9.59 Å². The molecule has 4 rings (SSSR count). The molecule has 0 bridgehead atoms. The molecule has 1 aliphatic carbocycles. The van der Waals surface area contributed by atoms with E-state index in [4.69, 9.17) is 13.9 Å². The van der Waals surface area contributed by atoms with Gasteiger partial charge < -0.3 is 19.2 Å². The van der Waals surface area contributed by atoms with E-state index in [2.05, 4.69) is 15.8 Å². The van der Waals surface area contributed by atoms with Crippen molar-refractivity contribution in [2.24, 2.45) is 5.10 Å². The number of hydrazone groups is 1. The Bertz CT molecular complexity index is 1230. The van der Waals surface area contributed by atoms with Gasteiger partial charge in [0.2, 0.25) is 5.91 Å². The quantitative estimate of drug-likeness (QED) is 0.512. The van der Waals surface area contributed by atoms with Gasteiger partial charge >= 0.3 is 0 Å². The molecule has 2 aromatic carbocycles. The molecule has 3 aromatic rings. The third kappa shape index (κ3) is 4.96. The van der Waals surface area contributed by atoms with Gasteiger partial charge in [0.15, 0.2) is 5.76 Å². The standard InChI is InChI=1S/C26H27N3O5/c1-16-24-19(28-29-23(30)14-17-8-5-4-6-9-17)10-7-11-22(24)34-25(16)26(31)27-20-15-18(32-2)12-13-21(20)33-3/h4-6,8-9,12-13,15H,7,10-11,14H2,1-3H3,(H,27,31)(H,29,30)/b28-19+. The second-order valence-corrected chi connectivity index (χ2v) is 7.98. The number of fused-ring (bicyclic) bond motifs is 1. The molecule has 176 valence electrons. The molecular weight excluding hydrogens is 434 g/mol. The van der Waals surface area contributed by atoms with E-state index in [1.54, 1.807) is 25.3 Å². The van der Waals surface area contributed by atoms with Crippen LogP contribution in [0, 0.1) is 6.92 Å². The molecule has 0 saturated heterocycles. The molecule has 0 radical (unpaired) electrons. The van der Waals surface area contributed by atoms with Crippen LogP contribution in [0.2, 0.25) is 0 Å². The van der Waals surface area contributed by atoms with E-state index in [0.29, 0.717) is 47.1 Å². The number of furan rings is 1. The van der Waals surface area contributed by atoms with E-state index < -0.39 is 5.91 Å². The lowest BCUT2D eigenvalue weighted by molar-refractivity contribution is -0.120. The molecular formula is C26H27N3O5. The fourth-order valence-electron chi connectivity index (χ4n) is 4.04. The topological polar surface area (TPSA) is 102 Å². The summed E-state index contributed by atoms with van der Waals surface area (Å²) in [7, 11) is 3.08. The molecule has 0 spiro atoms. The number of aryl methyl sites for hydroxylation is 1. The number of anilines is 1. The third-order valence-corrected chi connectivity index (χ3v) is 5.71. The highest BCUT2D eigenvalue weighted by Gasteiger charge is 2.28. The highest BCUT2D eigenvalue weighted by molar-refractivity contribution is 6.09. The zero-order valence-electron chi connectivity index (χ0n) is 19.4. The number of carbonyl (C=O) groups is 2. The van der Waals surface area contributed by atoms with Gasteiger partial charge in [-0.3, -0.25) is 9.59 Å². The normalized spacial score (nSPS) is 13.8. The maximum atomic E-state index is 13.1. The first kappa shape index (κ1) is 23.1. The Morgan fingerprint density at radius 3 is 2.59 bits per heavy atom. The highest BCUT2D eigenvalue weighted by Crippen LogP contribution is 2.32. The van der Waals surface area contributed by atoms with Crippen LogP contribution in [0.3, 0.4) is 0 Å². The molecule has 0 atom stereocenters. The third-order valence-electron chi connectivity index (χ3n) is 5.71. The summed E-state index contributed by atoms with van der Waals surface area (Å²) in [5, 5.41) is 7.22. The minimum atomic E-state index is -0.397. The van der Waals surface area contributed by atoms with Gasteiger partial charge in [0.25, 0.3) is 5.91 Å². The SMILES string of the molecule is COc1ccc(OC)c(NC(=O)c2oc3c(c2C)/C(=N/NC(=O)Cc2ccccc2)CCC3)c1. The first-order valence-electron chi connectivity index (χ1n) is 11.1. The molecule has 0 unspecified atom stereocenters. The molecule has 0 aliphatic heterocycles. The van der Waals surface area contributed by atoms with Gasteiger partial charge in [0.05, 0.1) is 32.0 Å². The molecule has 8 nitrogen and oxygen atoms in total. The molecule has 34 heavy (non-hydrogen) atoms. The van der Waals surface area contributed by atoms with Crippen LogP contribution in [0.4, 0.5) is 5.69 Å². The zero-order chi connectivity index (χ0) is 24.1.